The van der Waals surface area contributed by atoms with Gasteiger partial charge in [0.25, 0.3) is 0 Å². The van der Waals surface area contributed by atoms with Gasteiger partial charge in [0.15, 0.2) is 17.3 Å². The van der Waals surface area contributed by atoms with Gasteiger partial charge >= 0.3 is 0 Å². The molecule has 0 saturated heterocycles. The van der Waals surface area contributed by atoms with Crippen LogP contribution in [0.2, 0.25) is 0 Å². The van der Waals surface area contributed by atoms with E-state index in [9.17, 15) is 4.79 Å². The van der Waals surface area contributed by atoms with Crippen molar-refractivity contribution in [3.8, 4) is 11.5 Å². The van der Waals surface area contributed by atoms with Crippen molar-refractivity contribution >= 4 is 5.78 Å². The van der Waals surface area contributed by atoms with Crippen LogP contribution in [-0.4, -0.2) is 10.9 Å². The number of carbonyl (C=O) groups excluding carboxylic acids is 1. The Morgan fingerprint density at radius 2 is 2.25 bits per heavy atom. The highest BCUT2D eigenvalue weighted by molar-refractivity contribution is 5.94. The fraction of sp³-hybridized carbons (Fsp3) is 0.167. The van der Waals surface area contributed by atoms with Crippen LogP contribution in [0.15, 0.2) is 35.0 Å². The standard InChI is InChI=1S/C12H11NO3/c1-8(14)10-4-3-5-11(6-10)15-12-7-13-16-9(12)2/h3-7H,1-2H3. The first-order chi connectivity index (χ1) is 7.66. The predicted octanol–water partition coefficient (Wildman–Crippen LogP) is 2.98. The molecule has 82 valence electrons. The SMILES string of the molecule is CC(=O)c1cccc(Oc2cnoc2C)c1. The van der Waals surface area contributed by atoms with Crippen LogP contribution in [0.4, 0.5) is 0 Å². The van der Waals surface area contributed by atoms with Gasteiger partial charge in [-0.2, -0.15) is 0 Å². The van der Waals surface area contributed by atoms with Crippen LogP contribution in [0.1, 0.15) is 23.0 Å². The van der Waals surface area contributed by atoms with Crippen molar-refractivity contribution in [3.63, 3.8) is 0 Å². The van der Waals surface area contributed by atoms with Crippen molar-refractivity contribution in [2.45, 2.75) is 13.8 Å². The van der Waals surface area contributed by atoms with E-state index in [4.69, 9.17) is 9.26 Å². The molecule has 0 saturated carbocycles. The number of rotatable bonds is 3. The molecule has 0 aliphatic carbocycles. The van der Waals surface area contributed by atoms with E-state index in [1.807, 2.05) is 0 Å². The van der Waals surface area contributed by atoms with Gasteiger partial charge in [0, 0.05) is 12.5 Å². The molecule has 16 heavy (non-hydrogen) atoms. The summed E-state index contributed by atoms with van der Waals surface area (Å²) < 4.78 is 10.4. The average Bonchev–Trinajstić information content (AvgIpc) is 2.65. The summed E-state index contributed by atoms with van der Waals surface area (Å²) in [5.74, 6) is 1.76. The van der Waals surface area contributed by atoms with E-state index in [2.05, 4.69) is 5.16 Å². The first-order valence-corrected chi connectivity index (χ1v) is 4.87. The van der Waals surface area contributed by atoms with Crippen LogP contribution in [0.25, 0.3) is 0 Å². The minimum atomic E-state index is 0.00694. The fourth-order valence-corrected chi connectivity index (χ4v) is 1.29. The van der Waals surface area contributed by atoms with Gasteiger partial charge in [0.05, 0.1) is 0 Å². The van der Waals surface area contributed by atoms with Crippen LogP contribution in [0, 0.1) is 6.92 Å². The number of ether oxygens (including phenoxy) is 1. The highest BCUT2D eigenvalue weighted by atomic mass is 16.5. The molecule has 1 heterocycles. The Bertz CT molecular complexity index is 516. The molecule has 0 radical (unpaired) electrons. The molecule has 0 aliphatic rings. The molecule has 4 heteroatoms. The maximum absolute atomic E-state index is 11.2. The zero-order chi connectivity index (χ0) is 11.5. The monoisotopic (exact) mass is 217 g/mol. The lowest BCUT2D eigenvalue weighted by Gasteiger charge is -2.04. The molecular formula is C12H11NO3. The van der Waals surface area contributed by atoms with Crippen molar-refractivity contribution < 1.29 is 14.1 Å². The van der Waals surface area contributed by atoms with E-state index in [0.29, 0.717) is 22.8 Å². The number of nitrogens with zero attached hydrogens (tertiary/aromatic N) is 1. The number of hydrogen-bond acceptors (Lipinski definition) is 4. The number of aryl methyl sites for hydroxylation is 1. The number of benzene rings is 1. The molecule has 0 amide bonds. The molecular weight excluding hydrogens is 206 g/mol. The van der Waals surface area contributed by atoms with Crippen molar-refractivity contribution in [2.24, 2.45) is 0 Å². The summed E-state index contributed by atoms with van der Waals surface area (Å²) in [5.41, 5.74) is 0.617. The van der Waals surface area contributed by atoms with Crippen LogP contribution in [-0.2, 0) is 0 Å². The molecule has 1 aromatic carbocycles. The molecule has 0 aliphatic heterocycles. The van der Waals surface area contributed by atoms with Gasteiger partial charge in [-0.1, -0.05) is 17.3 Å². The number of aromatic nitrogens is 1. The van der Waals surface area contributed by atoms with Crippen molar-refractivity contribution in [1.29, 1.82) is 0 Å². The Balaban J connectivity index is 2.25. The first kappa shape index (κ1) is 10.4. The van der Waals surface area contributed by atoms with E-state index in [-0.39, 0.29) is 5.78 Å². The summed E-state index contributed by atoms with van der Waals surface area (Å²) >= 11 is 0. The van der Waals surface area contributed by atoms with Gasteiger partial charge in [-0.25, -0.2) is 0 Å². The highest BCUT2D eigenvalue weighted by Crippen LogP contribution is 2.24. The van der Waals surface area contributed by atoms with Crippen LogP contribution >= 0.6 is 0 Å². The maximum atomic E-state index is 11.2. The van der Waals surface area contributed by atoms with Gasteiger partial charge in [-0.3, -0.25) is 4.79 Å². The predicted molar refractivity (Wildman–Crippen MR) is 57.8 cm³/mol. The molecule has 4 nitrogen and oxygen atoms in total. The zero-order valence-electron chi connectivity index (χ0n) is 9.06. The number of Topliss-reactive ketones (excluding diaryl/α,β-unsaturated/α-hetero) is 1. The summed E-state index contributed by atoms with van der Waals surface area (Å²) in [5, 5.41) is 3.61. The molecule has 0 fully saturated rings. The fourth-order valence-electron chi connectivity index (χ4n) is 1.29. The Hall–Kier alpha value is -2.10. The van der Waals surface area contributed by atoms with E-state index in [0.717, 1.165) is 0 Å². The summed E-state index contributed by atoms with van der Waals surface area (Å²) in [7, 11) is 0. The normalized spacial score (nSPS) is 10.1. The Morgan fingerprint density at radius 3 is 2.88 bits per heavy atom. The van der Waals surface area contributed by atoms with Crippen LogP contribution in [0.5, 0.6) is 11.5 Å². The summed E-state index contributed by atoms with van der Waals surface area (Å²) in [6, 6.07) is 6.98. The smallest absolute Gasteiger partial charge is 0.189 e. The summed E-state index contributed by atoms with van der Waals surface area (Å²) in [6.07, 6.45) is 1.50. The molecule has 0 N–H and O–H groups in total. The second-order valence-corrected chi connectivity index (χ2v) is 3.43. The third-order valence-corrected chi connectivity index (χ3v) is 2.17. The molecule has 0 atom stereocenters. The van der Waals surface area contributed by atoms with Crippen LogP contribution in [0.3, 0.4) is 0 Å². The maximum Gasteiger partial charge on any atom is 0.189 e. The van der Waals surface area contributed by atoms with Gasteiger partial charge < -0.3 is 9.26 Å². The van der Waals surface area contributed by atoms with Crippen molar-refractivity contribution in [3.05, 3.63) is 41.8 Å². The number of hydrogen-bond donors (Lipinski definition) is 0. The topological polar surface area (TPSA) is 52.3 Å². The second-order valence-electron chi connectivity index (χ2n) is 3.43. The third kappa shape index (κ3) is 2.11. The lowest BCUT2D eigenvalue weighted by atomic mass is 10.1. The Morgan fingerprint density at radius 1 is 1.44 bits per heavy atom. The van der Waals surface area contributed by atoms with E-state index < -0.39 is 0 Å². The summed E-state index contributed by atoms with van der Waals surface area (Å²) in [6.45, 7) is 3.28. The van der Waals surface area contributed by atoms with E-state index in [1.165, 1.54) is 13.1 Å². The average molecular weight is 217 g/mol. The Labute approximate surface area is 92.8 Å². The minimum Gasteiger partial charge on any atom is -0.452 e. The molecule has 0 spiro atoms. The molecule has 2 rings (SSSR count). The quantitative estimate of drug-likeness (QED) is 0.741. The Kier molecular flexibility index (Phi) is 2.72. The van der Waals surface area contributed by atoms with Crippen molar-refractivity contribution in [2.75, 3.05) is 0 Å². The van der Waals surface area contributed by atoms with Crippen LogP contribution < -0.4 is 4.74 Å². The largest absolute Gasteiger partial charge is 0.452 e. The van der Waals surface area contributed by atoms with E-state index >= 15 is 0 Å². The third-order valence-electron chi connectivity index (χ3n) is 2.17. The highest BCUT2D eigenvalue weighted by Gasteiger charge is 2.06. The minimum absolute atomic E-state index is 0.00694. The molecule has 2 aromatic rings. The summed E-state index contributed by atoms with van der Waals surface area (Å²) in [4.78, 5) is 11.2. The van der Waals surface area contributed by atoms with Gasteiger partial charge in [-0.15, -0.1) is 0 Å². The lowest BCUT2D eigenvalue weighted by Crippen LogP contribution is -1.92. The molecule has 0 unspecified atom stereocenters. The van der Waals surface area contributed by atoms with Gasteiger partial charge in [-0.05, 0) is 19.1 Å². The second kappa shape index (κ2) is 4.18. The lowest BCUT2D eigenvalue weighted by molar-refractivity contribution is 0.101. The zero-order valence-corrected chi connectivity index (χ0v) is 9.06. The number of ketones is 1. The van der Waals surface area contributed by atoms with Crippen molar-refractivity contribution in [1.82, 2.24) is 5.16 Å². The van der Waals surface area contributed by atoms with E-state index in [1.54, 1.807) is 31.2 Å². The first-order valence-electron chi connectivity index (χ1n) is 4.87. The molecule has 0 bridgehead atoms. The van der Waals surface area contributed by atoms with Gasteiger partial charge in [0.2, 0.25) is 0 Å². The molecule has 1 aromatic heterocycles. The van der Waals surface area contributed by atoms with Gasteiger partial charge in [0.1, 0.15) is 11.9 Å². The number of carbonyl (C=O) groups is 1.